The Bertz CT molecular complexity index is 1370. The molecule has 0 amide bonds. The number of nitrogens with zero attached hydrogens (tertiary/aromatic N) is 4. The van der Waals surface area contributed by atoms with Crippen molar-refractivity contribution < 1.29 is 13.2 Å². The molecule has 1 aliphatic heterocycles. The Morgan fingerprint density at radius 1 is 1.16 bits per heavy atom. The van der Waals surface area contributed by atoms with Crippen LogP contribution in [0.5, 0.6) is 0 Å². The predicted molar refractivity (Wildman–Crippen MR) is 120 cm³/mol. The number of rotatable bonds is 6. The summed E-state index contributed by atoms with van der Waals surface area (Å²) in [6, 6.07) is 13.2. The molecule has 31 heavy (non-hydrogen) atoms. The highest BCUT2D eigenvalue weighted by atomic mass is 32.2. The Morgan fingerprint density at radius 3 is 2.77 bits per heavy atom. The number of sulfonamides is 1. The maximum atomic E-state index is 12.2. The van der Waals surface area contributed by atoms with Crippen LogP contribution < -0.4 is 4.72 Å². The van der Waals surface area contributed by atoms with E-state index >= 15 is 0 Å². The smallest absolute Gasteiger partial charge is 0.254 e. The van der Waals surface area contributed by atoms with Crippen molar-refractivity contribution in [1.29, 1.82) is 0 Å². The fourth-order valence-electron chi connectivity index (χ4n) is 3.86. The Labute approximate surface area is 179 Å². The molecule has 2 aromatic heterocycles. The Balaban J connectivity index is 1.69. The van der Waals surface area contributed by atoms with E-state index in [2.05, 4.69) is 31.0 Å². The summed E-state index contributed by atoms with van der Waals surface area (Å²) >= 11 is 0. The predicted octanol–water partition coefficient (Wildman–Crippen LogP) is 2.75. The zero-order valence-electron chi connectivity index (χ0n) is 16.8. The van der Waals surface area contributed by atoms with E-state index in [4.69, 9.17) is 9.72 Å². The summed E-state index contributed by atoms with van der Waals surface area (Å²) in [4.78, 5) is 7.16. The van der Waals surface area contributed by atoms with Crippen molar-refractivity contribution in [1.82, 2.24) is 24.6 Å². The quantitative estimate of drug-likeness (QED) is 0.480. The number of anilines is 1. The van der Waals surface area contributed by atoms with Gasteiger partial charge in [-0.2, -0.15) is 5.10 Å². The minimum absolute atomic E-state index is 0.422. The van der Waals surface area contributed by atoms with Gasteiger partial charge in [0, 0.05) is 18.5 Å². The lowest BCUT2D eigenvalue weighted by molar-refractivity contribution is 0.0243. The average molecular weight is 439 g/mol. The van der Waals surface area contributed by atoms with Crippen LogP contribution >= 0.6 is 0 Å². The van der Waals surface area contributed by atoms with Gasteiger partial charge in [-0.15, -0.1) is 0 Å². The third-order valence-corrected chi connectivity index (χ3v) is 6.32. The summed E-state index contributed by atoms with van der Waals surface area (Å²) in [5.41, 5.74) is 3.56. The van der Waals surface area contributed by atoms with Gasteiger partial charge in [-0.1, -0.05) is 24.8 Å². The number of H-pyrrole nitrogens is 1. The number of hydrogen-bond donors (Lipinski definition) is 2. The second kappa shape index (κ2) is 7.80. The lowest BCUT2D eigenvalue weighted by Crippen LogP contribution is -2.37. The number of hydrogen-bond acceptors (Lipinski definition) is 6. The number of aromatic nitrogens is 4. The summed E-state index contributed by atoms with van der Waals surface area (Å²) in [5, 5.41) is 9.07. The molecule has 0 spiro atoms. The van der Waals surface area contributed by atoms with E-state index in [1.54, 1.807) is 12.1 Å². The molecule has 0 radical (unpaired) electrons. The van der Waals surface area contributed by atoms with Crippen LogP contribution in [0.4, 0.5) is 5.69 Å². The topological polar surface area (TPSA) is 105 Å². The first-order valence-electron chi connectivity index (χ1n) is 9.94. The second-order valence-electron chi connectivity index (χ2n) is 7.34. The van der Waals surface area contributed by atoms with Crippen LogP contribution in [-0.2, 0) is 21.4 Å². The monoisotopic (exact) mass is 438 g/mol. The molecule has 2 aromatic carbocycles. The molecule has 3 heterocycles. The number of nitrogens with one attached hydrogen (secondary N) is 2. The number of imidazole rings is 1. The molecular formula is C21H22N6O3S. The Morgan fingerprint density at radius 2 is 1.97 bits per heavy atom. The average Bonchev–Trinajstić information content (AvgIpc) is 3.37. The number of para-hydroxylation sites is 2. The minimum Gasteiger partial charge on any atom is -0.379 e. The van der Waals surface area contributed by atoms with Gasteiger partial charge in [0.25, 0.3) is 10.0 Å². The summed E-state index contributed by atoms with van der Waals surface area (Å²) in [7, 11) is -3.68. The van der Waals surface area contributed by atoms with E-state index in [0.29, 0.717) is 48.0 Å². The van der Waals surface area contributed by atoms with Gasteiger partial charge in [0.05, 0.1) is 47.5 Å². The van der Waals surface area contributed by atoms with Crippen LogP contribution in [-0.4, -0.2) is 59.4 Å². The molecule has 0 atom stereocenters. The fourth-order valence-corrected chi connectivity index (χ4v) is 4.42. The molecule has 0 saturated carbocycles. The molecule has 9 nitrogen and oxygen atoms in total. The van der Waals surface area contributed by atoms with E-state index in [9.17, 15) is 8.42 Å². The maximum absolute atomic E-state index is 12.2. The molecule has 0 aliphatic carbocycles. The van der Waals surface area contributed by atoms with Crippen molar-refractivity contribution in [3.05, 3.63) is 54.5 Å². The van der Waals surface area contributed by atoms with Gasteiger partial charge in [-0.25, -0.2) is 13.4 Å². The Hall–Kier alpha value is -3.21. The van der Waals surface area contributed by atoms with E-state index in [1.165, 1.54) is 0 Å². The van der Waals surface area contributed by atoms with Gasteiger partial charge < -0.3 is 9.30 Å². The molecule has 1 aliphatic rings. The van der Waals surface area contributed by atoms with Crippen molar-refractivity contribution in [2.75, 3.05) is 31.0 Å². The highest BCUT2D eigenvalue weighted by Crippen LogP contribution is 2.34. The van der Waals surface area contributed by atoms with Crippen molar-refractivity contribution in [3.63, 3.8) is 0 Å². The highest BCUT2D eigenvalue weighted by Gasteiger charge is 2.22. The lowest BCUT2D eigenvalue weighted by Gasteiger charge is -2.27. The van der Waals surface area contributed by atoms with Gasteiger partial charge in [0.15, 0.2) is 5.82 Å². The molecule has 0 unspecified atom stereocenters. The highest BCUT2D eigenvalue weighted by molar-refractivity contribution is 7.95. The molecule has 10 heteroatoms. The van der Waals surface area contributed by atoms with Crippen LogP contribution in [0.2, 0.25) is 0 Å². The molecule has 4 aromatic rings. The molecule has 1 fully saturated rings. The third-order valence-electron chi connectivity index (χ3n) is 5.37. The van der Waals surface area contributed by atoms with Gasteiger partial charge in [-0.05, 0) is 24.3 Å². The lowest BCUT2D eigenvalue weighted by atomic mass is 10.1. The first kappa shape index (κ1) is 19.7. The minimum atomic E-state index is -3.68. The number of benzene rings is 2. The van der Waals surface area contributed by atoms with Crippen molar-refractivity contribution in [2.24, 2.45) is 0 Å². The normalized spacial score (nSPS) is 15.5. The summed E-state index contributed by atoms with van der Waals surface area (Å²) < 4.78 is 34.5. The second-order valence-corrected chi connectivity index (χ2v) is 8.97. The number of morpholine rings is 1. The van der Waals surface area contributed by atoms with E-state index < -0.39 is 10.0 Å². The zero-order valence-corrected chi connectivity index (χ0v) is 17.6. The molecule has 160 valence electrons. The van der Waals surface area contributed by atoms with Gasteiger partial charge in [0.2, 0.25) is 0 Å². The van der Waals surface area contributed by atoms with E-state index in [-0.39, 0.29) is 0 Å². The van der Waals surface area contributed by atoms with Crippen molar-refractivity contribution in [3.8, 4) is 11.5 Å². The number of aromatic amines is 1. The van der Waals surface area contributed by atoms with Gasteiger partial charge in [-0.3, -0.25) is 14.7 Å². The third kappa shape index (κ3) is 3.69. The standard InChI is InChI=1S/C21H22N6O3S/c1-2-31(28,29)25-17-8-5-7-16-19(17)20(24-23-16)21-22-15-6-3-4-9-18(15)27(21)14-26-10-12-30-13-11-26/h2-9,25H,1,10-14H2,(H,23,24). The summed E-state index contributed by atoms with van der Waals surface area (Å²) in [5.74, 6) is 0.671. The summed E-state index contributed by atoms with van der Waals surface area (Å²) in [6.07, 6.45) is 0. The number of fused-ring (bicyclic) bond motifs is 2. The Kier molecular flexibility index (Phi) is 4.97. The first-order chi connectivity index (χ1) is 15.1. The van der Waals surface area contributed by atoms with Crippen LogP contribution in [0.1, 0.15) is 0 Å². The fraction of sp³-hybridized carbons (Fsp3) is 0.238. The van der Waals surface area contributed by atoms with Crippen LogP contribution in [0.15, 0.2) is 54.5 Å². The molecular weight excluding hydrogens is 416 g/mol. The van der Waals surface area contributed by atoms with E-state index in [1.807, 2.05) is 30.3 Å². The SMILES string of the molecule is C=CS(=O)(=O)Nc1cccc2[nH]nc(-c3nc4ccccc4n3CN3CCOCC3)c12. The molecule has 5 rings (SSSR count). The van der Waals surface area contributed by atoms with E-state index in [0.717, 1.165) is 29.5 Å². The zero-order chi connectivity index (χ0) is 21.4. The number of ether oxygens (including phenoxy) is 1. The van der Waals surface area contributed by atoms with Crippen LogP contribution in [0.25, 0.3) is 33.5 Å². The van der Waals surface area contributed by atoms with Crippen LogP contribution in [0, 0.1) is 0 Å². The largest absolute Gasteiger partial charge is 0.379 e. The van der Waals surface area contributed by atoms with Crippen molar-refractivity contribution in [2.45, 2.75) is 6.67 Å². The van der Waals surface area contributed by atoms with Crippen LogP contribution in [0.3, 0.4) is 0 Å². The summed E-state index contributed by atoms with van der Waals surface area (Å²) in [6.45, 7) is 7.06. The maximum Gasteiger partial charge on any atom is 0.254 e. The van der Waals surface area contributed by atoms with Crippen molar-refractivity contribution >= 4 is 37.6 Å². The molecule has 0 bridgehead atoms. The first-order valence-corrected chi connectivity index (χ1v) is 11.5. The van der Waals surface area contributed by atoms with Gasteiger partial charge >= 0.3 is 0 Å². The molecule has 2 N–H and O–H groups in total. The molecule has 1 saturated heterocycles. The van der Waals surface area contributed by atoms with Gasteiger partial charge in [0.1, 0.15) is 5.69 Å².